The van der Waals surface area contributed by atoms with Crippen molar-refractivity contribution < 1.29 is 29.5 Å². The highest BCUT2D eigenvalue weighted by atomic mass is 16.6. The largest absolute Gasteiger partial charge is 0.386 e. The van der Waals surface area contributed by atoms with E-state index in [0.717, 1.165) is 6.08 Å². The van der Waals surface area contributed by atoms with Gasteiger partial charge in [-0.3, -0.25) is 10.1 Å². The molecule has 2 aliphatic rings. The summed E-state index contributed by atoms with van der Waals surface area (Å²) in [6.45, 7) is 0. The lowest BCUT2D eigenvalue weighted by molar-refractivity contribution is -0.546. The lowest BCUT2D eigenvalue weighted by Gasteiger charge is -2.23. The number of rotatable bonds is 1. The average Bonchev–Trinajstić information content (AvgIpc) is 2.40. The Labute approximate surface area is 87.6 Å². The first kappa shape index (κ1) is 10.5. The number of hydrogen-bond donors (Lipinski definition) is 2. The number of nitro groups is 1. The third kappa shape index (κ3) is 1.24. The van der Waals surface area contributed by atoms with Gasteiger partial charge in [0.2, 0.25) is 0 Å². The van der Waals surface area contributed by atoms with E-state index in [1.54, 1.807) is 0 Å². The molecule has 0 aromatic rings. The fourth-order valence-electron chi connectivity index (χ4n) is 1.60. The average molecular weight is 227 g/mol. The molecule has 8 heteroatoms. The predicted octanol–water partition coefficient (Wildman–Crippen LogP) is -1.74. The molecule has 1 aliphatic carbocycles. The maximum atomic E-state index is 11.2. The molecule has 8 nitrogen and oxygen atoms in total. The zero-order valence-electron chi connectivity index (χ0n) is 7.61. The Morgan fingerprint density at radius 3 is 2.56 bits per heavy atom. The van der Waals surface area contributed by atoms with Crippen LogP contribution < -0.4 is 0 Å². The highest BCUT2D eigenvalue weighted by molar-refractivity contribution is 6.15. The van der Waals surface area contributed by atoms with E-state index in [-0.39, 0.29) is 5.57 Å². The summed E-state index contributed by atoms with van der Waals surface area (Å²) >= 11 is 0. The summed E-state index contributed by atoms with van der Waals surface area (Å²) in [7, 11) is 0. The van der Waals surface area contributed by atoms with Crippen molar-refractivity contribution in [3.63, 3.8) is 0 Å². The minimum atomic E-state index is -2.81. The van der Waals surface area contributed by atoms with E-state index in [0.29, 0.717) is 6.08 Å². The lowest BCUT2D eigenvalue weighted by atomic mass is 9.90. The summed E-state index contributed by atoms with van der Waals surface area (Å²) < 4.78 is 4.15. The van der Waals surface area contributed by atoms with Crippen LogP contribution in [0, 0.1) is 10.1 Å². The molecule has 2 N–H and O–H groups in total. The molecule has 2 rings (SSSR count). The molecule has 0 amide bonds. The molecular weight excluding hydrogens is 222 g/mol. The summed E-state index contributed by atoms with van der Waals surface area (Å²) in [6, 6.07) is -2.12. The van der Waals surface area contributed by atoms with Crippen molar-refractivity contribution in [1.82, 2.24) is 0 Å². The third-order valence-electron chi connectivity index (χ3n) is 2.30. The van der Waals surface area contributed by atoms with Gasteiger partial charge in [0, 0.05) is 4.92 Å². The molecule has 0 aromatic heterocycles. The van der Waals surface area contributed by atoms with E-state index < -0.39 is 34.3 Å². The van der Waals surface area contributed by atoms with Gasteiger partial charge in [-0.1, -0.05) is 0 Å². The van der Waals surface area contributed by atoms with Crippen molar-refractivity contribution in [2.75, 3.05) is 0 Å². The molecule has 1 aliphatic heterocycles. The van der Waals surface area contributed by atoms with Crippen LogP contribution >= 0.6 is 0 Å². The lowest BCUT2D eigenvalue weighted by Crippen LogP contribution is -2.49. The van der Waals surface area contributed by atoms with Crippen molar-refractivity contribution in [2.24, 2.45) is 0 Å². The first-order valence-corrected chi connectivity index (χ1v) is 4.13. The van der Waals surface area contributed by atoms with Crippen LogP contribution in [0.1, 0.15) is 0 Å². The molecule has 0 radical (unpaired) electrons. The van der Waals surface area contributed by atoms with Gasteiger partial charge >= 0.3 is 18.0 Å². The van der Waals surface area contributed by atoms with Gasteiger partial charge in [0.15, 0.2) is 0 Å². The summed E-state index contributed by atoms with van der Waals surface area (Å²) in [5.74, 6) is -5.07. The minimum Gasteiger partial charge on any atom is -0.386 e. The van der Waals surface area contributed by atoms with Gasteiger partial charge in [-0.2, -0.15) is 0 Å². The molecule has 1 unspecified atom stereocenters. The zero-order chi connectivity index (χ0) is 12.1. The second-order valence-corrected chi connectivity index (χ2v) is 3.31. The highest BCUT2D eigenvalue weighted by Gasteiger charge is 2.55. The second kappa shape index (κ2) is 2.97. The Kier molecular flexibility index (Phi) is 1.94. The third-order valence-corrected chi connectivity index (χ3v) is 2.30. The van der Waals surface area contributed by atoms with Crippen LogP contribution in [-0.4, -0.2) is 38.9 Å². The van der Waals surface area contributed by atoms with Gasteiger partial charge in [-0.25, -0.2) is 9.59 Å². The fourth-order valence-corrected chi connectivity index (χ4v) is 1.60. The van der Waals surface area contributed by atoms with Gasteiger partial charge < -0.3 is 14.9 Å². The molecule has 0 aromatic carbocycles. The normalized spacial score (nSPS) is 26.8. The minimum absolute atomic E-state index is 0.314. The Hall–Kier alpha value is -2.06. The molecular formula is C8H5NO7. The summed E-state index contributed by atoms with van der Waals surface area (Å²) in [6.07, 6.45) is 1.59. The van der Waals surface area contributed by atoms with E-state index in [1.807, 2.05) is 0 Å². The number of hydrogen-bond acceptors (Lipinski definition) is 7. The van der Waals surface area contributed by atoms with E-state index in [2.05, 4.69) is 4.74 Å². The molecule has 16 heavy (non-hydrogen) atoms. The molecule has 1 atom stereocenters. The van der Waals surface area contributed by atoms with Crippen molar-refractivity contribution in [3.8, 4) is 0 Å². The van der Waals surface area contributed by atoms with Gasteiger partial charge in [-0.05, 0) is 12.2 Å². The summed E-state index contributed by atoms with van der Waals surface area (Å²) in [5, 5.41) is 29.3. The topological polar surface area (TPSA) is 127 Å². The van der Waals surface area contributed by atoms with Crippen LogP contribution in [0.25, 0.3) is 0 Å². The van der Waals surface area contributed by atoms with Crippen LogP contribution in [0.3, 0.4) is 0 Å². The smallest absolute Gasteiger partial charge is 0.350 e. The number of carbonyl (C=O) groups is 2. The molecule has 0 spiro atoms. The highest BCUT2D eigenvalue weighted by Crippen LogP contribution is 2.33. The molecule has 84 valence electrons. The molecule has 0 saturated carbocycles. The van der Waals surface area contributed by atoms with Crippen LogP contribution in [0.15, 0.2) is 23.3 Å². The number of cyclic esters (lactones) is 2. The van der Waals surface area contributed by atoms with E-state index >= 15 is 0 Å². The van der Waals surface area contributed by atoms with Gasteiger partial charge in [0.25, 0.3) is 5.79 Å². The van der Waals surface area contributed by atoms with Crippen LogP contribution in [0.2, 0.25) is 0 Å². The molecule has 0 fully saturated rings. The quantitative estimate of drug-likeness (QED) is 0.179. The van der Waals surface area contributed by atoms with Crippen molar-refractivity contribution >= 4 is 11.9 Å². The number of carbonyl (C=O) groups excluding carboxylic acids is 2. The fraction of sp³-hybridized carbons (Fsp3) is 0.250. The van der Waals surface area contributed by atoms with Crippen molar-refractivity contribution in [2.45, 2.75) is 11.8 Å². The molecule has 1 heterocycles. The monoisotopic (exact) mass is 227 g/mol. The van der Waals surface area contributed by atoms with Crippen LogP contribution in [0.5, 0.6) is 0 Å². The Bertz CT molecular complexity index is 473. The summed E-state index contributed by atoms with van der Waals surface area (Å²) in [5.41, 5.74) is -0.951. The van der Waals surface area contributed by atoms with Crippen molar-refractivity contribution in [3.05, 3.63) is 33.4 Å². The van der Waals surface area contributed by atoms with Crippen LogP contribution in [-0.2, 0) is 14.3 Å². The standard InChI is InChI=1S/C8H5NO7/c10-6-3-1-2-8(12,13)5(9(14)15)4(3)7(11)16-6/h1-2,5,12-13H. The zero-order valence-corrected chi connectivity index (χ0v) is 7.61. The first-order valence-electron chi connectivity index (χ1n) is 4.13. The molecule has 0 saturated heterocycles. The van der Waals surface area contributed by atoms with E-state index in [1.165, 1.54) is 0 Å². The Morgan fingerprint density at radius 2 is 2.00 bits per heavy atom. The van der Waals surface area contributed by atoms with Gasteiger partial charge in [0.05, 0.1) is 5.57 Å². The second-order valence-electron chi connectivity index (χ2n) is 3.31. The number of esters is 2. The number of ether oxygens (including phenoxy) is 1. The number of nitrogens with zero attached hydrogens (tertiary/aromatic N) is 1. The first-order chi connectivity index (χ1) is 7.34. The van der Waals surface area contributed by atoms with Crippen molar-refractivity contribution in [1.29, 1.82) is 0 Å². The Morgan fingerprint density at radius 1 is 1.38 bits per heavy atom. The van der Waals surface area contributed by atoms with E-state index in [9.17, 15) is 29.9 Å². The Balaban J connectivity index is 2.60. The van der Waals surface area contributed by atoms with Gasteiger partial charge in [-0.15, -0.1) is 0 Å². The number of aliphatic hydroxyl groups is 2. The maximum absolute atomic E-state index is 11.2. The summed E-state index contributed by atoms with van der Waals surface area (Å²) in [4.78, 5) is 31.8. The molecule has 0 bridgehead atoms. The van der Waals surface area contributed by atoms with Crippen LogP contribution in [0.4, 0.5) is 0 Å². The van der Waals surface area contributed by atoms with E-state index in [4.69, 9.17) is 0 Å². The van der Waals surface area contributed by atoms with Gasteiger partial charge in [0.1, 0.15) is 5.57 Å². The predicted molar refractivity (Wildman–Crippen MR) is 45.2 cm³/mol. The maximum Gasteiger partial charge on any atom is 0.350 e. The SMILES string of the molecule is O=C1OC(=O)C2=C1C=CC(O)(O)C2[N+](=O)[O-].